The second kappa shape index (κ2) is 14.9. The first-order chi connectivity index (χ1) is 15.6. The molecule has 0 heterocycles. The quantitative estimate of drug-likeness (QED) is 0.151. The van der Waals surface area contributed by atoms with Crippen LogP contribution in [0.3, 0.4) is 0 Å². The summed E-state index contributed by atoms with van der Waals surface area (Å²) in [6.07, 6.45) is 2.27. The van der Waals surface area contributed by atoms with E-state index in [1.165, 1.54) is 23.9 Å². The van der Waals surface area contributed by atoms with Crippen LogP contribution in [-0.4, -0.2) is 81.6 Å². The van der Waals surface area contributed by atoms with Gasteiger partial charge in [0.05, 0.1) is 6.04 Å². The van der Waals surface area contributed by atoms with E-state index in [9.17, 15) is 24.3 Å². The predicted octanol–water partition coefficient (Wildman–Crippen LogP) is -0.586. The molecule has 1 aromatic rings. The topological polar surface area (TPSA) is 171 Å². The maximum atomic E-state index is 12.7. The fourth-order valence-corrected chi connectivity index (χ4v) is 3.66. The summed E-state index contributed by atoms with van der Waals surface area (Å²) in [6, 6.07) is 2.01. The second-order valence-corrected chi connectivity index (χ2v) is 8.86. The summed E-state index contributed by atoms with van der Waals surface area (Å²) in [4.78, 5) is 48.9. The van der Waals surface area contributed by atoms with Gasteiger partial charge in [0.1, 0.15) is 23.9 Å². The molecule has 7 N–H and O–H groups in total. The number of thiol groups is 2. The molecule has 0 spiro atoms. The van der Waals surface area contributed by atoms with Crippen LogP contribution in [0.4, 0.5) is 0 Å². The molecule has 10 nitrogen and oxygen atoms in total. The summed E-state index contributed by atoms with van der Waals surface area (Å²) in [5.74, 6) is -2.66. The molecule has 0 fully saturated rings. The Hall–Kier alpha value is -2.09. The normalized spacial score (nSPS) is 14.4. The van der Waals surface area contributed by atoms with E-state index in [1.54, 1.807) is 12.1 Å². The molecule has 3 amide bonds. The second-order valence-electron chi connectivity index (χ2n) is 7.15. The van der Waals surface area contributed by atoms with E-state index in [-0.39, 0.29) is 30.1 Å². The number of benzene rings is 1. The van der Waals surface area contributed by atoms with Crippen molar-refractivity contribution < 1.29 is 29.4 Å². The highest BCUT2D eigenvalue weighted by atomic mass is 32.2. The first kappa shape index (κ1) is 28.9. The molecule has 0 aliphatic carbocycles. The third-order valence-corrected chi connectivity index (χ3v) is 5.96. The lowest BCUT2D eigenvalue weighted by molar-refractivity contribution is -0.141. The number of hydrogen-bond acceptors (Lipinski definition) is 9. The van der Waals surface area contributed by atoms with E-state index in [2.05, 4.69) is 41.2 Å². The number of hydrogen-bond donors (Lipinski definition) is 8. The highest BCUT2D eigenvalue weighted by molar-refractivity contribution is 7.98. The van der Waals surface area contributed by atoms with Gasteiger partial charge in [-0.05, 0) is 42.5 Å². The maximum Gasteiger partial charge on any atom is 0.327 e. The fourth-order valence-electron chi connectivity index (χ4n) is 2.69. The molecule has 0 radical (unpaired) electrons. The van der Waals surface area contributed by atoms with Crippen LogP contribution in [0.5, 0.6) is 5.75 Å². The van der Waals surface area contributed by atoms with Gasteiger partial charge in [0.15, 0.2) is 0 Å². The SMILES string of the molecule is CSCCC(NC(=O)C(CS)NC(=O)C(N)Cc1ccc(O)cc1)C(=O)NC(CS)C(=O)O. The van der Waals surface area contributed by atoms with Gasteiger partial charge in [0.25, 0.3) is 0 Å². The molecule has 1 aromatic carbocycles. The number of nitrogens with one attached hydrogen (secondary N) is 3. The minimum absolute atomic E-state index is 0.0469. The third-order valence-electron chi connectivity index (χ3n) is 4.59. The first-order valence-corrected chi connectivity index (χ1v) is 12.7. The molecule has 0 saturated heterocycles. The van der Waals surface area contributed by atoms with Crippen LogP contribution in [0.1, 0.15) is 12.0 Å². The molecule has 33 heavy (non-hydrogen) atoms. The Labute approximate surface area is 207 Å². The van der Waals surface area contributed by atoms with Crippen molar-refractivity contribution in [3.63, 3.8) is 0 Å². The summed E-state index contributed by atoms with van der Waals surface area (Å²) in [5.41, 5.74) is 6.67. The summed E-state index contributed by atoms with van der Waals surface area (Å²) in [6.45, 7) is 0. The number of carboxylic acid groups (broad SMARTS) is 1. The number of aromatic hydroxyl groups is 1. The van der Waals surface area contributed by atoms with Gasteiger partial charge < -0.3 is 31.9 Å². The number of phenolic OH excluding ortho intramolecular Hbond substituents is 1. The van der Waals surface area contributed by atoms with Gasteiger partial charge >= 0.3 is 5.97 Å². The molecule has 0 aromatic heterocycles. The molecule has 1 rings (SSSR count). The largest absolute Gasteiger partial charge is 0.508 e. The standard InChI is InChI=1S/C20H30N4O6S3/c1-33-7-6-14(18(27)24-16(10-32)20(29)30)22-19(28)15(9-31)23-17(26)13(21)8-11-2-4-12(25)5-3-11/h2-5,13-16,25,31-32H,6-10,21H2,1H3,(H,22,28)(H,23,26)(H,24,27)(H,29,30). The molecule has 0 saturated carbocycles. The molecule has 0 aliphatic heterocycles. The average molecular weight is 519 g/mol. The van der Waals surface area contributed by atoms with Crippen LogP contribution in [-0.2, 0) is 25.6 Å². The molecule has 13 heteroatoms. The Morgan fingerprint density at radius 1 is 0.939 bits per heavy atom. The van der Waals surface area contributed by atoms with Crippen LogP contribution in [0, 0.1) is 0 Å². The predicted molar refractivity (Wildman–Crippen MR) is 134 cm³/mol. The van der Waals surface area contributed by atoms with Crippen LogP contribution in [0.15, 0.2) is 24.3 Å². The maximum absolute atomic E-state index is 12.7. The van der Waals surface area contributed by atoms with Crippen molar-refractivity contribution in [3.05, 3.63) is 29.8 Å². The zero-order valence-electron chi connectivity index (χ0n) is 18.1. The molecule has 184 valence electrons. The van der Waals surface area contributed by atoms with Crippen LogP contribution in [0.2, 0.25) is 0 Å². The molecular formula is C20H30N4O6S3. The number of carboxylic acids is 1. The number of carbonyl (C=O) groups excluding carboxylic acids is 3. The Morgan fingerprint density at radius 3 is 1.97 bits per heavy atom. The molecule has 4 unspecified atom stereocenters. The van der Waals surface area contributed by atoms with Crippen molar-refractivity contribution in [2.75, 3.05) is 23.5 Å². The van der Waals surface area contributed by atoms with Crippen molar-refractivity contribution in [1.82, 2.24) is 16.0 Å². The summed E-state index contributed by atoms with van der Waals surface area (Å²) in [5, 5.41) is 25.9. The Balaban J connectivity index is 2.77. The van der Waals surface area contributed by atoms with Crippen LogP contribution in [0.25, 0.3) is 0 Å². The van der Waals surface area contributed by atoms with Crippen molar-refractivity contribution in [2.24, 2.45) is 5.73 Å². The van der Waals surface area contributed by atoms with E-state index in [1.807, 2.05) is 6.26 Å². The number of carbonyl (C=O) groups is 4. The van der Waals surface area contributed by atoms with E-state index < -0.39 is 47.9 Å². The highest BCUT2D eigenvalue weighted by Crippen LogP contribution is 2.11. The van der Waals surface area contributed by atoms with E-state index in [4.69, 9.17) is 10.8 Å². The van der Waals surface area contributed by atoms with Crippen LogP contribution < -0.4 is 21.7 Å². The first-order valence-electron chi connectivity index (χ1n) is 10.0. The number of aliphatic carboxylic acids is 1. The van der Waals surface area contributed by atoms with Crippen molar-refractivity contribution in [2.45, 2.75) is 37.0 Å². The number of thioether (sulfide) groups is 1. The highest BCUT2D eigenvalue weighted by Gasteiger charge is 2.29. The zero-order chi connectivity index (χ0) is 25.0. The fraction of sp³-hybridized carbons (Fsp3) is 0.500. The van der Waals surface area contributed by atoms with Gasteiger partial charge in [-0.2, -0.15) is 37.0 Å². The van der Waals surface area contributed by atoms with Crippen molar-refractivity contribution in [1.29, 1.82) is 0 Å². The van der Waals surface area contributed by atoms with Gasteiger partial charge in [-0.15, -0.1) is 0 Å². The minimum Gasteiger partial charge on any atom is -0.508 e. The van der Waals surface area contributed by atoms with Crippen molar-refractivity contribution in [3.8, 4) is 5.75 Å². The van der Waals surface area contributed by atoms with Crippen molar-refractivity contribution >= 4 is 60.7 Å². The Morgan fingerprint density at radius 2 is 1.45 bits per heavy atom. The molecule has 0 bridgehead atoms. The minimum atomic E-state index is -1.24. The Bertz CT molecular complexity index is 811. The van der Waals surface area contributed by atoms with Gasteiger partial charge in [-0.25, -0.2) is 4.79 Å². The summed E-state index contributed by atoms with van der Waals surface area (Å²) >= 11 is 9.48. The lowest BCUT2D eigenvalue weighted by Gasteiger charge is -2.24. The van der Waals surface area contributed by atoms with Gasteiger partial charge in [-0.1, -0.05) is 12.1 Å². The van der Waals surface area contributed by atoms with Crippen LogP contribution >= 0.6 is 37.0 Å². The summed E-state index contributed by atoms with van der Waals surface area (Å²) in [7, 11) is 0. The number of nitrogens with two attached hydrogens (primary N) is 1. The van der Waals surface area contributed by atoms with Gasteiger partial charge in [0.2, 0.25) is 17.7 Å². The Kier molecular flexibility index (Phi) is 13.1. The molecule has 4 atom stereocenters. The number of phenols is 1. The average Bonchev–Trinajstić information content (AvgIpc) is 2.79. The zero-order valence-corrected chi connectivity index (χ0v) is 20.7. The lowest BCUT2D eigenvalue weighted by Crippen LogP contribution is -2.58. The third kappa shape index (κ3) is 10.2. The lowest BCUT2D eigenvalue weighted by atomic mass is 10.1. The summed E-state index contributed by atoms with van der Waals surface area (Å²) < 4.78 is 0. The van der Waals surface area contributed by atoms with Gasteiger partial charge in [-0.3, -0.25) is 14.4 Å². The smallest absolute Gasteiger partial charge is 0.327 e. The molecular weight excluding hydrogens is 488 g/mol. The van der Waals surface area contributed by atoms with E-state index >= 15 is 0 Å². The van der Waals surface area contributed by atoms with E-state index in [0.717, 1.165) is 5.56 Å². The van der Waals surface area contributed by atoms with Gasteiger partial charge in [0, 0.05) is 11.5 Å². The number of rotatable bonds is 14. The number of amides is 3. The molecule has 0 aliphatic rings. The van der Waals surface area contributed by atoms with E-state index in [0.29, 0.717) is 5.75 Å². The monoisotopic (exact) mass is 518 g/mol.